The molecule has 0 aliphatic heterocycles. The number of hydrogen-bond donors (Lipinski definition) is 3. The van der Waals surface area contributed by atoms with Crippen molar-refractivity contribution in [2.45, 2.75) is 70.2 Å². The minimum Gasteiger partial charge on any atom is -0.379 e. The maximum absolute atomic E-state index is 10.2. The molecule has 14 heavy (non-hydrogen) atoms. The van der Waals surface area contributed by atoms with Gasteiger partial charge in [-0.25, -0.2) is 0 Å². The van der Waals surface area contributed by atoms with Crippen LogP contribution in [0.2, 0.25) is 0 Å². The quantitative estimate of drug-likeness (QED) is 0.479. The molecule has 0 amide bonds. The molecule has 1 atom stereocenters. The summed E-state index contributed by atoms with van der Waals surface area (Å²) in [5, 5.41) is 22.7. The second kappa shape index (κ2) is 5.69. The highest BCUT2D eigenvalue weighted by Crippen LogP contribution is 2.25. The molecule has 3 N–H and O–H groups in total. The van der Waals surface area contributed by atoms with Crippen LogP contribution in [0.25, 0.3) is 0 Å². The molecular formula is C11H23NO2. The van der Waals surface area contributed by atoms with Gasteiger partial charge in [-0.2, -0.15) is 0 Å². The second-order valence-corrected chi connectivity index (χ2v) is 4.39. The first-order valence-corrected chi connectivity index (χ1v) is 5.84. The molecule has 0 radical (unpaired) electrons. The molecule has 0 saturated heterocycles. The van der Waals surface area contributed by atoms with Crippen LogP contribution in [-0.2, 0) is 0 Å². The van der Waals surface area contributed by atoms with Gasteiger partial charge in [-0.1, -0.05) is 26.2 Å². The van der Waals surface area contributed by atoms with E-state index in [-0.39, 0.29) is 0 Å². The van der Waals surface area contributed by atoms with E-state index >= 15 is 0 Å². The van der Waals surface area contributed by atoms with Gasteiger partial charge in [-0.3, -0.25) is 5.32 Å². The fourth-order valence-electron chi connectivity index (χ4n) is 2.11. The summed E-state index contributed by atoms with van der Waals surface area (Å²) in [6, 6.07) is 0. The van der Waals surface area contributed by atoms with E-state index in [1.165, 1.54) is 12.8 Å². The third-order valence-corrected chi connectivity index (χ3v) is 2.93. The molecule has 0 spiro atoms. The third kappa shape index (κ3) is 3.95. The highest BCUT2D eigenvalue weighted by molar-refractivity contribution is 4.79. The highest BCUT2D eigenvalue weighted by atomic mass is 16.3. The first-order chi connectivity index (χ1) is 6.66. The fraction of sp³-hybridized carbons (Fsp3) is 1.00. The summed E-state index contributed by atoms with van der Waals surface area (Å²) in [5.41, 5.74) is -0.814. The van der Waals surface area contributed by atoms with Crippen LogP contribution >= 0.6 is 0 Å². The van der Waals surface area contributed by atoms with Crippen molar-refractivity contribution in [3.8, 4) is 0 Å². The topological polar surface area (TPSA) is 52.5 Å². The van der Waals surface area contributed by atoms with E-state index in [0.29, 0.717) is 6.42 Å². The van der Waals surface area contributed by atoms with E-state index in [0.717, 1.165) is 32.1 Å². The fourth-order valence-corrected chi connectivity index (χ4v) is 2.11. The van der Waals surface area contributed by atoms with Crippen molar-refractivity contribution in [3.05, 3.63) is 0 Å². The molecule has 3 heteroatoms. The SMILES string of the molecule is CCCC(O)NC1(O)CCCCCC1. The van der Waals surface area contributed by atoms with Crippen LogP contribution in [0, 0.1) is 0 Å². The Morgan fingerprint density at radius 1 is 1.21 bits per heavy atom. The lowest BCUT2D eigenvalue weighted by atomic mass is 10.0. The van der Waals surface area contributed by atoms with Gasteiger partial charge < -0.3 is 10.2 Å². The van der Waals surface area contributed by atoms with Crippen molar-refractivity contribution in [2.24, 2.45) is 0 Å². The van der Waals surface area contributed by atoms with Crippen molar-refractivity contribution in [3.63, 3.8) is 0 Å². The average molecular weight is 201 g/mol. The Balaban J connectivity index is 2.37. The predicted octanol–water partition coefficient (Wildman–Crippen LogP) is 1.74. The van der Waals surface area contributed by atoms with E-state index < -0.39 is 12.0 Å². The van der Waals surface area contributed by atoms with E-state index in [4.69, 9.17) is 0 Å². The maximum Gasteiger partial charge on any atom is 0.117 e. The lowest BCUT2D eigenvalue weighted by molar-refractivity contribution is -0.0588. The van der Waals surface area contributed by atoms with Crippen molar-refractivity contribution < 1.29 is 10.2 Å². The predicted molar refractivity (Wildman–Crippen MR) is 56.7 cm³/mol. The first-order valence-electron chi connectivity index (χ1n) is 5.84. The van der Waals surface area contributed by atoms with Crippen LogP contribution < -0.4 is 5.32 Å². The lowest BCUT2D eigenvalue weighted by Gasteiger charge is -2.30. The Kier molecular flexibility index (Phi) is 4.85. The molecule has 84 valence electrons. The second-order valence-electron chi connectivity index (χ2n) is 4.39. The molecule has 1 aliphatic rings. The summed E-state index contributed by atoms with van der Waals surface area (Å²) in [6.45, 7) is 2.03. The zero-order valence-electron chi connectivity index (χ0n) is 9.13. The largest absolute Gasteiger partial charge is 0.379 e. The number of rotatable bonds is 4. The summed E-state index contributed by atoms with van der Waals surface area (Å²) >= 11 is 0. The Hall–Kier alpha value is -0.120. The number of hydrogen-bond acceptors (Lipinski definition) is 3. The van der Waals surface area contributed by atoms with Crippen LogP contribution in [0.1, 0.15) is 58.3 Å². The van der Waals surface area contributed by atoms with Crippen LogP contribution in [0.3, 0.4) is 0 Å². The van der Waals surface area contributed by atoms with E-state index in [9.17, 15) is 10.2 Å². The van der Waals surface area contributed by atoms with Crippen LogP contribution in [0.15, 0.2) is 0 Å². The van der Waals surface area contributed by atoms with Gasteiger partial charge in [-0.05, 0) is 32.1 Å². The van der Waals surface area contributed by atoms with Gasteiger partial charge >= 0.3 is 0 Å². The van der Waals surface area contributed by atoms with Crippen molar-refractivity contribution in [1.82, 2.24) is 5.32 Å². The van der Waals surface area contributed by atoms with E-state index in [1.807, 2.05) is 6.92 Å². The van der Waals surface area contributed by atoms with Crippen molar-refractivity contribution >= 4 is 0 Å². The minimum absolute atomic E-state index is 0.553. The number of aliphatic hydroxyl groups excluding tert-OH is 1. The van der Waals surface area contributed by atoms with E-state index in [2.05, 4.69) is 5.32 Å². The molecule has 1 saturated carbocycles. The molecule has 1 unspecified atom stereocenters. The van der Waals surface area contributed by atoms with Gasteiger partial charge in [0.1, 0.15) is 12.0 Å². The average Bonchev–Trinajstić information content (AvgIpc) is 2.30. The Morgan fingerprint density at radius 2 is 1.79 bits per heavy atom. The zero-order chi connectivity index (χ0) is 10.4. The van der Waals surface area contributed by atoms with Gasteiger partial charge in [0.15, 0.2) is 0 Å². The first kappa shape index (κ1) is 12.0. The Bertz CT molecular complexity index is 153. The van der Waals surface area contributed by atoms with Crippen molar-refractivity contribution in [1.29, 1.82) is 0 Å². The lowest BCUT2D eigenvalue weighted by Crippen LogP contribution is -2.50. The molecular weight excluding hydrogens is 178 g/mol. The highest BCUT2D eigenvalue weighted by Gasteiger charge is 2.29. The molecule has 0 aromatic heterocycles. The van der Waals surface area contributed by atoms with Gasteiger partial charge in [0, 0.05) is 0 Å². The van der Waals surface area contributed by atoms with Gasteiger partial charge in [-0.15, -0.1) is 0 Å². The molecule has 1 aliphatic carbocycles. The Morgan fingerprint density at radius 3 is 2.29 bits per heavy atom. The third-order valence-electron chi connectivity index (χ3n) is 2.93. The number of aliphatic hydroxyl groups is 2. The molecule has 0 aromatic rings. The monoisotopic (exact) mass is 201 g/mol. The number of nitrogens with one attached hydrogen (secondary N) is 1. The minimum atomic E-state index is -0.814. The molecule has 0 aromatic carbocycles. The Labute approximate surface area is 86.5 Å². The van der Waals surface area contributed by atoms with Crippen LogP contribution in [0.5, 0.6) is 0 Å². The van der Waals surface area contributed by atoms with Gasteiger partial charge in [0.05, 0.1) is 0 Å². The normalized spacial score (nSPS) is 24.2. The van der Waals surface area contributed by atoms with Crippen LogP contribution in [0.4, 0.5) is 0 Å². The summed E-state index contributed by atoms with van der Waals surface area (Å²) in [5.74, 6) is 0. The van der Waals surface area contributed by atoms with Crippen LogP contribution in [-0.4, -0.2) is 22.2 Å². The molecule has 0 bridgehead atoms. The van der Waals surface area contributed by atoms with Gasteiger partial charge in [0.2, 0.25) is 0 Å². The smallest absolute Gasteiger partial charge is 0.117 e. The van der Waals surface area contributed by atoms with E-state index in [1.54, 1.807) is 0 Å². The molecule has 0 heterocycles. The molecule has 1 rings (SSSR count). The molecule has 1 fully saturated rings. The summed E-state index contributed by atoms with van der Waals surface area (Å²) in [6.07, 6.45) is 7.16. The summed E-state index contributed by atoms with van der Waals surface area (Å²) in [7, 11) is 0. The molecule has 3 nitrogen and oxygen atoms in total. The maximum atomic E-state index is 10.2. The van der Waals surface area contributed by atoms with Gasteiger partial charge in [0.25, 0.3) is 0 Å². The standard InChI is InChI=1S/C11H23NO2/c1-2-7-10(13)12-11(14)8-5-3-4-6-9-11/h10,12-14H,2-9H2,1H3. The summed E-state index contributed by atoms with van der Waals surface area (Å²) in [4.78, 5) is 0. The zero-order valence-corrected chi connectivity index (χ0v) is 9.13. The summed E-state index contributed by atoms with van der Waals surface area (Å²) < 4.78 is 0. The van der Waals surface area contributed by atoms with Crippen molar-refractivity contribution in [2.75, 3.05) is 0 Å².